The van der Waals surface area contributed by atoms with Crippen LogP contribution in [0.2, 0.25) is 0 Å². The van der Waals surface area contributed by atoms with Crippen LogP contribution >= 0.6 is 0 Å². The molecule has 2 heteroatoms. The highest BCUT2D eigenvalue weighted by molar-refractivity contribution is 5.38. The first-order valence-electron chi connectivity index (χ1n) is 5.54. The zero-order chi connectivity index (χ0) is 12.1. The topological polar surface area (TPSA) is 38.0 Å². The molecule has 1 atom stereocenters. The van der Waals surface area contributed by atoms with Crippen LogP contribution in [0.25, 0.3) is 0 Å². The molecule has 0 amide bonds. The Morgan fingerprint density at radius 3 is 2.44 bits per heavy atom. The molecule has 0 aliphatic rings. The Morgan fingerprint density at radius 1 is 1.25 bits per heavy atom. The van der Waals surface area contributed by atoms with E-state index in [0.29, 0.717) is 13.1 Å². The molecular formula is C14H20N2. The van der Waals surface area contributed by atoms with Crippen LogP contribution in [-0.4, -0.2) is 13.1 Å². The minimum absolute atomic E-state index is 0.148. The monoisotopic (exact) mass is 216 g/mol. The Kier molecular flexibility index (Phi) is 4.54. The molecule has 0 radical (unpaired) electrons. The minimum Gasteiger partial charge on any atom is -0.329 e. The maximum atomic E-state index is 5.77. The van der Waals surface area contributed by atoms with Crippen molar-refractivity contribution in [3.05, 3.63) is 34.4 Å². The molecular weight excluding hydrogens is 196 g/mol. The number of benzene rings is 1. The molecule has 2 nitrogen and oxygen atoms in total. The maximum Gasteiger partial charge on any atom is 0.0578 e. The number of terminal acetylenes is 1. The second-order valence-corrected chi connectivity index (χ2v) is 4.17. The molecule has 0 bridgehead atoms. The standard InChI is InChI=1S/C14H20N2/c1-5-6-16-14(9-15)13-8-11(3)10(2)7-12(13)4/h1,7-8,14,16H,6,9,15H2,2-4H3. The van der Waals surface area contributed by atoms with Crippen molar-refractivity contribution >= 4 is 0 Å². The van der Waals surface area contributed by atoms with E-state index in [1.165, 1.54) is 22.3 Å². The lowest BCUT2D eigenvalue weighted by atomic mass is 9.96. The van der Waals surface area contributed by atoms with Gasteiger partial charge in [-0.15, -0.1) is 6.42 Å². The van der Waals surface area contributed by atoms with Gasteiger partial charge in [-0.05, 0) is 43.0 Å². The van der Waals surface area contributed by atoms with Gasteiger partial charge in [-0.25, -0.2) is 0 Å². The van der Waals surface area contributed by atoms with E-state index < -0.39 is 0 Å². The first kappa shape index (κ1) is 12.8. The molecule has 1 unspecified atom stereocenters. The molecule has 0 saturated carbocycles. The Hall–Kier alpha value is -1.30. The zero-order valence-electron chi connectivity index (χ0n) is 10.3. The van der Waals surface area contributed by atoms with E-state index in [1.807, 2.05) is 0 Å². The molecule has 3 N–H and O–H groups in total. The van der Waals surface area contributed by atoms with Crippen LogP contribution in [0.15, 0.2) is 12.1 Å². The van der Waals surface area contributed by atoms with Gasteiger partial charge in [0, 0.05) is 12.6 Å². The summed E-state index contributed by atoms with van der Waals surface area (Å²) < 4.78 is 0. The third-order valence-electron chi connectivity index (χ3n) is 2.94. The van der Waals surface area contributed by atoms with Gasteiger partial charge in [0.2, 0.25) is 0 Å². The van der Waals surface area contributed by atoms with Gasteiger partial charge in [-0.3, -0.25) is 5.32 Å². The fraction of sp³-hybridized carbons (Fsp3) is 0.429. The van der Waals surface area contributed by atoms with Gasteiger partial charge in [-0.2, -0.15) is 0 Å². The summed E-state index contributed by atoms with van der Waals surface area (Å²) >= 11 is 0. The molecule has 0 heterocycles. The third-order valence-corrected chi connectivity index (χ3v) is 2.94. The lowest BCUT2D eigenvalue weighted by Gasteiger charge is -2.19. The fourth-order valence-corrected chi connectivity index (χ4v) is 1.86. The van der Waals surface area contributed by atoms with Crippen molar-refractivity contribution in [2.75, 3.05) is 13.1 Å². The summed E-state index contributed by atoms with van der Waals surface area (Å²) in [6, 6.07) is 4.55. The highest BCUT2D eigenvalue weighted by Crippen LogP contribution is 2.21. The molecule has 86 valence electrons. The summed E-state index contributed by atoms with van der Waals surface area (Å²) in [4.78, 5) is 0. The fourth-order valence-electron chi connectivity index (χ4n) is 1.86. The van der Waals surface area contributed by atoms with Gasteiger partial charge < -0.3 is 5.73 Å². The van der Waals surface area contributed by atoms with E-state index in [-0.39, 0.29) is 6.04 Å². The average Bonchev–Trinajstić information content (AvgIpc) is 2.26. The Bertz CT molecular complexity index is 402. The van der Waals surface area contributed by atoms with Crippen molar-refractivity contribution in [3.63, 3.8) is 0 Å². The van der Waals surface area contributed by atoms with Gasteiger partial charge in [0.25, 0.3) is 0 Å². The van der Waals surface area contributed by atoms with Crippen LogP contribution in [-0.2, 0) is 0 Å². The number of aryl methyl sites for hydroxylation is 3. The molecule has 0 aliphatic carbocycles. The SMILES string of the molecule is C#CCNC(CN)c1cc(C)c(C)cc1C. The highest BCUT2D eigenvalue weighted by atomic mass is 14.9. The van der Waals surface area contributed by atoms with Crippen molar-refractivity contribution < 1.29 is 0 Å². The summed E-state index contributed by atoms with van der Waals surface area (Å²) in [5.74, 6) is 2.58. The number of rotatable bonds is 4. The van der Waals surface area contributed by atoms with Crippen LogP contribution in [0, 0.1) is 33.1 Å². The van der Waals surface area contributed by atoms with E-state index in [9.17, 15) is 0 Å². The van der Waals surface area contributed by atoms with Gasteiger partial charge in [0.15, 0.2) is 0 Å². The number of nitrogens with one attached hydrogen (secondary N) is 1. The van der Waals surface area contributed by atoms with E-state index >= 15 is 0 Å². The van der Waals surface area contributed by atoms with Crippen LogP contribution in [0.3, 0.4) is 0 Å². The number of hydrogen-bond donors (Lipinski definition) is 2. The molecule has 0 aliphatic heterocycles. The second-order valence-electron chi connectivity index (χ2n) is 4.17. The molecule has 1 rings (SSSR count). The largest absolute Gasteiger partial charge is 0.329 e. The van der Waals surface area contributed by atoms with Crippen LogP contribution in [0.5, 0.6) is 0 Å². The van der Waals surface area contributed by atoms with Crippen molar-refractivity contribution in [3.8, 4) is 12.3 Å². The van der Waals surface area contributed by atoms with Crippen molar-refractivity contribution in [1.82, 2.24) is 5.32 Å². The second kappa shape index (κ2) is 5.69. The summed E-state index contributed by atoms with van der Waals surface area (Å²) in [7, 11) is 0. The van der Waals surface area contributed by atoms with E-state index in [2.05, 4.69) is 44.1 Å². The van der Waals surface area contributed by atoms with E-state index in [1.54, 1.807) is 0 Å². The smallest absolute Gasteiger partial charge is 0.0578 e. The van der Waals surface area contributed by atoms with Crippen LogP contribution < -0.4 is 11.1 Å². The van der Waals surface area contributed by atoms with Gasteiger partial charge in [-0.1, -0.05) is 18.1 Å². The molecule has 0 aromatic heterocycles. The first-order chi connectivity index (χ1) is 7.60. The summed E-state index contributed by atoms with van der Waals surface area (Å²) in [5.41, 5.74) is 10.9. The quantitative estimate of drug-likeness (QED) is 0.754. The lowest BCUT2D eigenvalue weighted by molar-refractivity contribution is 0.579. The van der Waals surface area contributed by atoms with Gasteiger partial charge in [0.1, 0.15) is 0 Å². The normalized spacial score (nSPS) is 12.2. The molecule has 0 fully saturated rings. The summed E-state index contributed by atoms with van der Waals surface area (Å²) in [5, 5.41) is 3.26. The molecule has 1 aromatic carbocycles. The Morgan fingerprint density at radius 2 is 1.88 bits per heavy atom. The van der Waals surface area contributed by atoms with Crippen LogP contribution in [0.4, 0.5) is 0 Å². The van der Waals surface area contributed by atoms with Crippen LogP contribution in [0.1, 0.15) is 28.3 Å². The molecule has 16 heavy (non-hydrogen) atoms. The Balaban J connectivity index is 3.01. The van der Waals surface area contributed by atoms with Crippen molar-refractivity contribution in [2.24, 2.45) is 5.73 Å². The summed E-state index contributed by atoms with van der Waals surface area (Å²) in [6.45, 7) is 7.46. The van der Waals surface area contributed by atoms with Gasteiger partial charge in [0.05, 0.1) is 6.54 Å². The van der Waals surface area contributed by atoms with Gasteiger partial charge >= 0.3 is 0 Å². The highest BCUT2D eigenvalue weighted by Gasteiger charge is 2.12. The van der Waals surface area contributed by atoms with Crippen molar-refractivity contribution in [2.45, 2.75) is 26.8 Å². The lowest BCUT2D eigenvalue weighted by Crippen LogP contribution is -2.29. The maximum absolute atomic E-state index is 5.77. The Labute approximate surface area is 98.2 Å². The third kappa shape index (κ3) is 2.85. The predicted octanol–water partition coefficient (Wildman–Crippen LogP) is 1.83. The molecule has 0 saturated heterocycles. The zero-order valence-corrected chi connectivity index (χ0v) is 10.3. The van der Waals surface area contributed by atoms with E-state index in [0.717, 1.165) is 0 Å². The first-order valence-corrected chi connectivity index (χ1v) is 5.54. The predicted molar refractivity (Wildman–Crippen MR) is 69.3 cm³/mol. The van der Waals surface area contributed by atoms with Crippen molar-refractivity contribution in [1.29, 1.82) is 0 Å². The molecule has 0 spiro atoms. The molecule has 1 aromatic rings. The minimum atomic E-state index is 0.148. The van der Waals surface area contributed by atoms with E-state index in [4.69, 9.17) is 12.2 Å². The summed E-state index contributed by atoms with van der Waals surface area (Å²) in [6.07, 6.45) is 5.25. The number of hydrogen-bond acceptors (Lipinski definition) is 2. The number of nitrogens with two attached hydrogens (primary N) is 1. The average molecular weight is 216 g/mol.